The molecule has 21 heavy (non-hydrogen) atoms. The Balaban J connectivity index is 2.25. The number of Topliss-reactive ketones (excluding diaryl/α,β-unsaturated/α-hetero) is 1. The van der Waals surface area contributed by atoms with Crippen molar-refractivity contribution in [3.8, 4) is 0 Å². The van der Waals surface area contributed by atoms with Gasteiger partial charge < -0.3 is 4.90 Å². The van der Waals surface area contributed by atoms with Crippen LogP contribution >= 0.6 is 0 Å². The molecule has 0 spiro atoms. The van der Waals surface area contributed by atoms with Gasteiger partial charge in [0.1, 0.15) is 0 Å². The number of carbonyl (C=O) groups is 1. The van der Waals surface area contributed by atoms with E-state index < -0.39 is 11.7 Å². The minimum atomic E-state index is -3.52. The first-order chi connectivity index (χ1) is 9.91. The van der Waals surface area contributed by atoms with Crippen LogP contribution in [0.5, 0.6) is 0 Å². The zero-order valence-electron chi connectivity index (χ0n) is 12.0. The van der Waals surface area contributed by atoms with Crippen molar-refractivity contribution in [2.75, 3.05) is 14.1 Å². The molecule has 4 heteroatoms. The van der Waals surface area contributed by atoms with Gasteiger partial charge in [0.2, 0.25) is 5.78 Å². The van der Waals surface area contributed by atoms with Crippen molar-refractivity contribution in [1.29, 1.82) is 0 Å². The predicted octanol–water partition coefficient (Wildman–Crippen LogP) is 3.72. The van der Waals surface area contributed by atoms with E-state index in [1.165, 1.54) is 24.3 Å². The normalized spacial score (nSPS) is 11.7. The maximum absolute atomic E-state index is 14.3. The van der Waals surface area contributed by atoms with Crippen LogP contribution < -0.4 is 0 Å². The number of halogens is 2. The number of ketones is 1. The van der Waals surface area contributed by atoms with E-state index in [1.54, 1.807) is 30.3 Å². The second-order valence-corrected chi connectivity index (χ2v) is 5.20. The van der Waals surface area contributed by atoms with Crippen molar-refractivity contribution in [2.24, 2.45) is 0 Å². The van der Waals surface area contributed by atoms with Crippen LogP contribution in [0.4, 0.5) is 8.78 Å². The Labute approximate surface area is 123 Å². The number of nitrogens with zero attached hydrogens (tertiary/aromatic N) is 1. The molecule has 0 N–H and O–H groups in total. The van der Waals surface area contributed by atoms with Crippen LogP contribution in [-0.4, -0.2) is 24.8 Å². The Kier molecular flexibility index (Phi) is 4.48. The third kappa shape index (κ3) is 3.52. The number of hydrogen-bond donors (Lipinski definition) is 0. The van der Waals surface area contributed by atoms with Gasteiger partial charge in [0.15, 0.2) is 0 Å². The van der Waals surface area contributed by atoms with E-state index in [9.17, 15) is 13.6 Å². The van der Waals surface area contributed by atoms with E-state index in [1.807, 2.05) is 19.0 Å². The lowest BCUT2D eigenvalue weighted by molar-refractivity contribution is 0.00742. The maximum atomic E-state index is 14.3. The van der Waals surface area contributed by atoms with Crippen LogP contribution in [0, 0.1) is 0 Å². The highest BCUT2D eigenvalue weighted by atomic mass is 19.3. The second kappa shape index (κ2) is 6.14. The molecule has 0 bridgehead atoms. The van der Waals surface area contributed by atoms with Crippen molar-refractivity contribution < 1.29 is 13.6 Å². The lowest BCUT2D eigenvalue weighted by atomic mass is 9.98. The Morgan fingerprint density at radius 3 is 2.10 bits per heavy atom. The first-order valence-corrected chi connectivity index (χ1v) is 6.63. The molecule has 2 rings (SSSR count). The molecule has 0 radical (unpaired) electrons. The van der Waals surface area contributed by atoms with Gasteiger partial charge in [0, 0.05) is 17.7 Å². The van der Waals surface area contributed by atoms with Crippen molar-refractivity contribution in [1.82, 2.24) is 4.90 Å². The van der Waals surface area contributed by atoms with E-state index >= 15 is 0 Å². The lowest BCUT2D eigenvalue weighted by Gasteiger charge is -2.16. The fourth-order valence-electron chi connectivity index (χ4n) is 2.09. The molecule has 0 atom stereocenters. The molecule has 2 nitrogen and oxygen atoms in total. The van der Waals surface area contributed by atoms with Gasteiger partial charge in [-0.2, -0.15) is 8.78 Å². The maximum Gasteiger partial charge on any atom is 0.334 e. The monoisotopic (exact) mass is 289 g/mol. The summed E-state index contributed by atoms with van der Waals surface area (Å²) >= 11 is 0. The number of rotatable bonds is 5. The van der Waals surface area contributed by atoms with Gasteiger partial charge in [-0.25, -0.2) is 0 Å². The minimum Gasteiger partial charge on any atom is -0.305 e. The van der Waals surface area contributed by atoms with E-state index in [-0.39, 0.29) is 11.1 Å². The Morgan fingerprint density at radius 1 is 1.00 bits per heavy atom. The average Bonchev–Trinajstić information content (AvgIpc) is 2.47. The van der Waals surface area contributed by atoms with E-state index in [0.717, 1.165) is 5.56 Å². The highest BCUT2D eigenvalue weighted by Gasteiger charge is 2.41. The van der Waals surface area contributed by atoms with E-state index in [4.69, 9.17) is 0 Å². The molecule has 0 saturated heterocycles. The molecule has 2 aromatic carbocycles. The van der Waals surface area contributed by atoms with Crippen LogP contribution in [0.25, 0.3) is 0 Å². The molecule has 0 aliphatic carbocycles. The van der Waals surface area contributed by atoms with Gasteiger partial charge in [-0.15, -0.1) is 0 Å². The zero-order chi connectivity index (χ0) is 15.5. The summed E-state index contributed by atoms with van der Waals surface area (Å²) in [4.78, 5) is 13.9. The molecule has 110 valence electrons. The highest BCUT2D eigenvalue weighted by molar-refractivity contribution is 6.01. The Hall–Kier alpha value is -2.07. The van der Waals surface area contributed by atoms with Gasteiger partial charge in [-0.3, -0.25) is 4.79 Å². The first-order valence-electron chi connectivity index (χ1n) is 6.63. The summed E-state index contributed by atoms with van der Waals surface area (Å²) in [6.45, 7) is 0.665. The molecule has 0 aromatic heterocycles. The predicted molar refractivity (Wildman–Crippen MR) is 78.5 cm³/mol. The zero-order valence-corrected chi connectivity index (χ0v) is 12.0. The summed E-state index contributed by atoms with van der Waals surface area (Å²) in [6, 6.07) is 13.5. The van der Waals surface area contributed by atoms with Crippen molar-refractivity contribution >= 4 is 5.78 Å². The first kappa shape index (κ1) is 15.3. The van der Waals surface area contributed by atoms with Crippen LogP contribution in [0.2, 0.25) is 0 Å². The summed E-state index contributed by atoms with van der Waals surface area (Å²) in [5.74, 6) is -4.69. The fraction of sp³-hybridized carbons (Fsp3) is 0.235. The largest absolute Gasteiger partial charge is 0.334 e. The summed E-state index contributed by atoms with van der Waals surface area (Å²) in [5.41, 5.74) is 0.658. The van der Waals surface area contributed by atoms with Crippen LogP contribution in [0.3, 0.4) is 0 Å². The summed E-state index contributed by atoms with van der Waals surface area (Å²) in [7, 11) is 3.81. The van der Waals surface area contributed by atoms with Gasteiger partial charge in [0.05, 0.1) is 0 Å². The molecular weight excluding hydrogens is 272 g/mol. The molecule has 0 unspecified atom stereocenters. The van der Waals surface area contributed by atoms with Gasteiger partial charge >= 0.3 is 5.92 Å². The molecule has 2 aromatic rings. The SMILES string of the molecule is CN(C)Cc1ccc(C(F)(F)C(=O)c2ccccc2)cc1. The topological polar surface area (TPSA) is 20.3 Å². The highest BCUT2D eigenvalue weighted by Crippen LogP contribution is 2.32. The molecule has 0 aliphatic rings. The molecule has 0 heterocycles. The van der Waals surface area contributed by atoms with Crippen LogP contribution in [-0.2, 0) is 12.5 Å². The molecule has 0 amide bonds. The quantitative estimate of drug-likeness (QED) is 0.782. The van der Waals surface area contributed by atoms with Gasteiger partial charge in [-0.05, 0) is 19.7 Å². The summed E-state index contributed by atoms with van der Waals surface area (Å²) in [5, 5.41) is 0. The smallest absolute Gasteiger partial charge is 0.305 e. The second-order valence-electron chi connectivity index (χ2n) is 5.20. The van der Waals surface area contributed by atoms with E-state index in [0.29, 0.717) is 6.54 Å². The van der Waals surface area contributed by atoms with Crippen molar-refractivity contribution in [2.45, 2.75) is 12.5 Å². The third-order valence-electron chi connectivity index (χ3n) is 3.14. The van der Waals surface area contributed by atoms with Crippen molar-refractivity contribution in [3.05, 3.63) is 71.3 Å². The van der Waals surface area contributed by atoms with Crippen molar-refractivity contribution in [3.63, 3.8) is 0 Å². The summed E-state index contributed by atoms with van der Waals surface area (Å²) < 4.78 is 28.5. The van der Waals surface area contributed by atoms with Crippen LogP contribution in [0.15, 0.2) is 54.6 Å². The average molecular weight is 289 g/mol. The number of carbonyl (C=O) groups excluding carboxylic acids is 1. The number of alkyl halides is 2. The molecule has 0 fully saturated rings. The Bertz CT molecular complexity index is 606. The van der Waals surface area contributed by atoms with E-state index in [2.05, 4.69) is 0 Å². The van der Waals surface area contributed by atoms with Gasteiger partial charge in [0.25, 0.3) is 0 Å². The minimum absolute atomic E-state index is 0.0138. The number of benzene rings is 2. The number of hydrogen-bond acceptors (Lipinski definition) is 2. The third-order valence-corrected chi connectivity index (χ3v) is 3.14. The molecule has 0 saturated carbocycles. The molecular formula is C17H17F2NO. The fourth-order valence-corrected chi connectivity index (χ4v) is 2.09. The Morgan fingerprint density at radius 2 is 1.57 bits per heavy atom. The van der Waals surface area contributed by atoms with Gasteiger partial charge in [-0.1, -0.05) is 54.6 Å². The molecule has 0 aliphatic heterocycles. The summed E-state index contributed by atoms with van der Waals surface area (Å²) in [6.07, 6.45) is 0. The lowest BCUT2D eigenvalue weighted by Crippen LogP contribution is -2.26. The van der Waals surface area contributed by atoms with Crippen LogP contribution in [0.1, 0.15) is 21.5 Å². The standard InChI is InChI=1S/C17H17F2NO/c1-20(2)12-13-8-10-15(11-9-13)17(18,19)16(21)14-6-4-3-5-7-14/h3-11H,12H2,1-2H3.